The lowest BCUT2D eigenvalue weighted by molar-refractivity contribution is -0.0354. The van der Waals surface area contributed by atoms with Gasteiger partial charge in [-0.3, -0.25) is 14.6 Å². The molecule has 1 aromatic carbocycles. The van der Waals surface area contributed by atoms with Crippen molar-refractivity contribution in [1.82, 2.24) is 20.2 Å². The van der Waals surface area contributed by atoms with E-state index in [4.69, 9.17) is 10.00 Å². The molecular weight excluding hydrogens is 426 g/mol. The highest BCUT2D eigenvalue weighted by Crippen LogP contribution is 2.35. The van der Waals surface area contributed by atoms with E-state index in [1.807, 2.05) is 11.1 Å². The normalized spacial score (nSPS) is 17.2. The summed E-state index contributed by atoms with van der Waals surface area (Å²) in [6, 6.07) is 9.26. The van der Waals surface area contributed by atoms with Crippen LogP contribution in [0.1, 0.15) is 5.56 Å². The average Bonchev–Trinajstić information content (AvgIpc) is 3.07. The van der Waals surface area contributed by atoms with E-state index in [0.29, 0.717) is 11.3 Å². The summed E-state index contributed by atoms with van der Waals surface area (Å²) < 4.78 is 34.8. The molecule has 32 heavy (non-hydrogen) atoms. The van der Waals surface area contributed by atoms with Gasteiger partial charge < -0.3 is 14.6 Å². The van der Waals surface area contributed by atoms with Crippen LogP contribution in [0.4, 0.5) is 14.5 Å². The number of anilines is 1. The van der Waals surface area contributed by atoms with E-state index in [1.165, 1.54) is 35.2 Å². The molecule has 0 amide bonds. The minimum absolute atomic E-state index is 0.0118. The second-order valence-corrected chi connectivity index (χ2v) is 7.24. The van der Waals surface area contributed by atoms with Gasteiger partial charge in [0.2, 0.25) is 0 Å². The van der Waals surface area contributed by atoms with E-state index in [9.17, 15) is 23.2 Å². The van der Waals surface area contributed by atoms with E-state index >= 15 is 0 Å². The molecule has 3 aromatic rings. The molecule has 0 aliphatic carbocycles. The maximum absolute atomic E-state index is 14.6. The first-order valence-corrected chi connectivity index (χ1v) is 9.44. The van der Waals surface area contributed by atoms with Crippen LogP contribution in [0.25, 0.3) is 11.3 Å². The Kier molecular flexibility index (Phi) is 5.31. The lowest BCUT2D eigenvalue weighted by Crippen LogP contribution is -2.32. The number of alkyl halides is 2. The highest BCUT2D eigenvalue weighted by molar-refractivity contribution is 5.62. The van der Waals surface area contributed by atoms with Crippen molar-refractivity contribution < 1.29 is 13.5 Å². The number of nitrogens with one attached hydrogen (secondary N) is 3. The van der Waals surface area contributed by atoms with Crippen molar-refractivity contribution in [2.45, 2.75) is 5.92 Å². The number of aromatic nitrogens is 4. The lowest BCUT2D eigenvalue weighted by Gasteiger charge is -2.17. The van der Waals surface area contributed by atoms with Gasteiger partial charge in [-0.25, -0.2) is 18.7 Å². The molecular formula is C20H16F2N6O4. The summed E-state index contributed by atoms with van der Waals surface area (Å²) in [7, 11) is 0. The van der Waals surface area contributed by atoms with Gasteiger partial charge in [-0.1, -0.05) is 0 Å². The van der Waals surface area contributed by atoms with Crippen LogP contribution in [0.5, 0.6) is 5.75 Å². The molecule has 1 atom stereocenters. The number of rotatable bonds is 5. The minimum atomic E-state index is -3.14. The molecule has 0 bridgehead atoms. The van der Waals surface area contributed by atoms with Crippen LogP contribution in [0.15, 0.2) is 50.9 Å². The SMILES string of the molecule is N#Cc1ccc(OCC2CN(c3cc(-c4c[nH]c(=O)[nH]c4=O)n[nH]c3=O)CC2(F)F)cc1. The molecule has 10 nitrogen and oxygen atoms in total. The van der Waals surface area contributed by atoms with Crippen LogP contribution < -0.4 is 26.4 Å². The van der Waals surface area contributed by atoms with Crippen molar-refractivity contribution in [3.05, 3.63) is 73.3 Å². The fourth-order valence-corrected chi connectivity index (χ4v) is 3.40. The molecule has 1 aliphatic rings. The Morgan fingerprint density at radius 3 is 2.66 bits per heavy atom. The maximum atomic E-state index is 14.6. The molecule has 164 valence electrons. The van der Waals surface area contributed by atoms with Crippen molar-refractivity contribution in [1.29, 1.82) is 5.26 Å². The van der Waals surface area contributed by atoms with Gasteiger partial charge in [-0.2, -0.15) is 10.4 Å². The van der Waals surface area contributed by atoms with Gasteiger partial charge in [0, 0.05) is 12.7 Å². The molecule has 1 fully saturated rings. The molecule has 2 aromatic heterocycles. The third kappa shape index (κ3) is 4.13. The quantitative estimate of drug-likeness (QED) is 0.530. The van der Waals surface area contributed by atoms with Gasteiger partial charge in [0.25, 0.3) is 17.0 Å². The Balaban J connectivity index is 1.55. The first-order valence-electron chi connectivity index (χ1n) is 9.44. The summed E-state index contributed by atoms with van der Waals surface area (Å²) in [6.45, 7) is -1.19. The van der Waals surface area contributed by atoms with Crippen molar-refractivity contribution >= 4 is 5.69 Å². The standard InChI is InChI=1S/C20H16F2N6O4/c21-20(22)10-28(8-12(20)9-32-13-3-1-11(6-23)2-4-13)16-5-15(26-27-18(16)30)14-7-24-19(31)25-17(14)29/h1-5,7,12H,8-10H2,(H,27,30)(H2,24,25,29,31). The summed E-state index contributed by atoms with van der Waals surface area (Å²) in [6.07, 6.45) is 1.12. The number of benzene rings is 1. The van der Waals surface area contributed by atoms with Gasteiger partial charge in [0.1, 0.15) is 11.4 Å². The number of ether oxygens (including phenoxy) is 1. The first kappa shape index (κ1) is 21.0. The number of hydrogen-bond donors (Lipinski definition) is 3. The van der Waals surface area contributed by atoms with Crippen LogP contribution in [0.2, 0.25) is 0 Å². The predicted octanol–water partition coefficient (Wildman–Crippen LogP) is 0.836. The molecule has 3 heterocycles. The van der Waals surface area contributed by atoms with E-state index in [-0.39, 0.29) is 30.1 Å². The smallest absolute Gasteiger partial charge is 0.325 e. The number of hydrogen-bond acceptors (Lipinski definition) is 7. The van der Waals surface area contributed by atoms with Gasteiger partial charge in [0.15, 0.2) is 0 Å². The predicted molar refractivity (Wildman–Crippen MR) is 109 cm³/mol. The van der Waals surface area contributed by atoms with Crippen LogP contribution in [-0.2, 0) is 0 Å². The van der Waals surface area contributed by atoms with E-state index in [0.717, 1.165) is 6.20 Å². The number of nitriles is 1. The van der Waals surface area contributed by atoms with Crippen molar-refractivity contribution in [3.63, 3.8) is 0 Å². The average molecular weight is 442 g/mol. The van der Waals surface area contributed by atoms with Crippen molar-refractivity contribution in [2.24, 2.45) is 5.92 Å². The summed E-state index contributed by atoms with van der Waals surface area (Å²) in [5.41, 5.74) is -1.83. The number of H-pyrrole nitrogens is 3. The molecule has 12 heteroatoms. The Morgan fingerprint density at radius 2 is 1.97 bits per heavy atom. The molecule has 0 saturated carbocycles. The molecule has 1 saturated heterocycles. The summed E-state index contributed by atoms with van der Waals surface area (Å²) in [5.74, 6) is -4.00. The second-order valence-electron chi connectivity index (χ2n) is 7.24. The van der Waals surface area contributed by atoms with E-state index < -0.39 is 35.2 Å². The molecule has 0 radical (unpaired) electrons. The summed E-state index contributed by atoms with van der Waals surface area (Å²) >= 11 is 0. The third-order valence-corrected chi connectivity index (χ3v) is 5.09. The lowest BCUT2D eigenvalue weighted by atomic mass is 10.1. The van der Waals surface area contributed by atoms with Crippen LogP contribution in [0.3, 0.4) is 0 Å². The topological polar surface area (TPSA) is 148 Å². The minimum Gasteiger partial charge on any atom is -0.493 e. The number of aromatic amines is 3. The fourth-order valence-electron chi connectivity index (χ4n) is 3.40. The van der Waals surface area contributed by atoms with Crippen molar-refractivity contribution in [2.75, 3.05) is 24.6 Å². The molecule has 0 spiro atoms. The molecule has 4 rings (SSSR count). The van der Waals surface area contributed by atoms with Gasteiger partial charge in [-0.05, 0) is 30.3 Å². The Labute approximate surface area is 178 Å². The first-order chi connectivity index (χ1) is 15.3. The highest BCUT2D eigenvalue weighted by atomic mass is 19.3. The molecule has 1 unspecified atom stereocenters. The molecule has 3 N–H and O–H groups in total. The Bertz CT molecular complexity index is 1360. The van der Waals surface area contributed by atoms with Crippen LogP contribution >= 0.6 is 0 Å². The second kappa shape index (κ2) is 8.10. The monoisotopic (exact) mass is 442 g/mol. The van der Waals surface area contributed by atoms with Crippen molar-refractivity contribution in [3.8, 4) is 23.1 Å². The number of halogens is 2. The molecule has 1 aliphatic heterocycles. The summed E-state index contributed by atoms with van der Waals surface area (Å²) in [5, 5.41) is 14.8. The van der Waals surface area contributed by atoms with Gasteiger partial charge in [-0.15, -0.1) is 0 Å². The Hall–Kier alpha value is -4.27. The zero-order valence-corrected chi connectivity index (χ0v) is 16.4. The maximum Gasteiger partial charge on any atom is 0.325 e. The van der Waals surface area contributed by atoms with Crippen LogP contribution in [-0.4, -0.2) is 45.8 Å². The van der Waals surface area contributed by atoms with Gasteiger partial charge >= 0.3 is 5.69 Å². The highest BCUT2D eigenvalue weighted by Gasteiger charge is 2.49. The zero-order valence-electron chi connectivity index (χ0n) is 16.4. The fraction of sp³-hybridized carbons (Fsp3) is 0.250. The zero-order chi connectivity index (χ0) is 22.9. The Morgan fingerprint density at radius 1 is 1.22 bits per heavy atom. The van der Waals surface area contributed by atoms with Gasteiger partial charge in [0.05, 0.1) is 42.0 Å². The number of nitrogens with zero attached hydrogens (tertiary/aromatic N) is 3. The largest absolute Gasteiger partial charge is 0.493 e. The third-order valence-electron chi connectivity index (χ3n) is 5.09. The van der Waals surface area contributed by atoms with E-state index in [2.05, 4.69) is 15.2 Å². The van der Waals surface area contributed by atoms with Crippen LogP contribution in [0, 0.1) is 17.2 Å². The van der Waals surface area contributed by atoms with E-state index in [1.54, 1.807) is 0 Å². The summed E-state index contributed by atoms with van der Waals surface area (Å²) in [4.78, 5) is 41.0.